The molecule has 4 heteroatoms. The molecule has 0 aromatic heterocycles. The van der Waals surface area contributed by atoms with Crippen LogP contribution >= 0.6 is 0 Å². The van der Waals surface area contributed by atoms with Crippen molar-refractivity contribution in [3.8, 4) is 0 Å². The highest BCUT2D eigenvalue weighted by Crippen LogP contribution is 2.30. The van der Waals surface area contributed by atoms with Gasteiger partial charge in [-0.05, 0) is 0 Å². The van der Waals surface area contributed by atoms with Gasteiger partial charge in [0.25, 0.3) is 0 Å². The molecule has 1 saturated heterocycles. The monoisotopic (exact) mass is 170 g/mol. The highest BCUT2D eigenvalue weighted by Gasteiger charge is 2.44. The Balaban J connectivity index is 2.78. The van der Waals surface area contributed by atoms with Crippen LogP contribution in [-0.4, -0.2) is 29.8 Å². The van der Waals surface area contributed by atoms with Crippen LogP contribution in [-0.2, 0) is 9.59 Å². The minimum absolute atomic E-state index is 0.0991. The van der Waals surface area contributed by atoms with E-state index in [0.717, 1.165) is 0 Å². The molecule has 0 bridgehead atoms. The first-order chi connectivity index (χ1) is 5.49. The lowest BCUT2D eigenvalue weighted by Gasteiger charge is -2.16. The van der Waals surface area contributed by atoms with E-state index >= 15 is 0 Å². The Morgan fingerprint density at radius 2 is 2.08 bits per heavy atom. The summed E-state index contributed by atoms with van der Waals surface area (Å²) in [5, 5.41) is 0. The van der Waals surface area contributed by atoms with Crippen molar-refractivity contribution < 1.29 is 9.59 Å². The summed E-state index contributed by atoms with van der Waals surface area (Å²) in [5.74, 6) is -0.201. The highest BCUT2D eigenvalue weighted by atomic mass is 16.2. The lowest BCUT2D eigenvalue weighted by Crippen LogP contribution is -2.36. The summed E-state index contributed by atoms with van der Waals surface area (Å²) in [5.41, 5.74) is 4.75. The van der Waals surface area contributed by atoms with Gasteiger partial charge in [0.05, 0.1) is 5.41 Å². The Bertz CT molecular complexity index is 223. The highest BCUT2D eigenvalue weighted by molar-refractivity contribution is 6.05. The molecule has 0 unspecified atom stereocenters. The zero-order valence-corrected chi connectivity index (χ0v) is 7.46. The van der Waals surface area contributed by atoms with Crippen LogP contribution in [0, 0.1) is 5.41 Å². The number of hydrogen-bond acceptors (Lipinski definition) is 3. The molecule has 0 aliphatic carbocycles. The maximum Gasteiger partial charge on any atom is 0.235 e. The van der Waals surface area contributed by atoms with Gasteiger partial charge in [-0.15, -0.1) is 0 Å². The van der Waals surface area contributed by atoms with Gasteiger partial charge in [-0.1, -0.05) is 13.8 Å². The van der Waals surface area contributed by atoms with Crippen LogP contribution < -0.4 is 5.73 Å². The van der Waals surface area contributed by atoms with E-state index in [2.05, 4.69) is 0 Å². The Morgan fingerprint density at radius 3 is 2.42 bits per heavy atom. The number of nitrogens with zero attached hydrogens (tertiary/aromatic N) is 1. The van der Waals surface area contributed by atoms with Gasteiger partial charge in [-0.3, -0.25) is 14.5 Å². The van der Waals surface area contributed by atoms with Crippen molar-refractivity contribution >= 4 is 11.8 Å². The molecule has 0 aromatic rings. The van der Waals surface area contributed by atoms with Gasteiger partial charge >= 0.3 is 0 Å². The maximum absolute atomic E-state index is 11.5. The van der Waals surface area contributed by atoms with E-state index in [1.54, 1.807) is 13.8 Å². The van der Waals surface area contributed by atoms with Crippen LogP contribution in [0.2, 0.25) is 0 Å². The number of likely N-dealkylation sites (tertiary alicyclic amines) is 1. The summed E-state index contributed by atoms with van der Waals surface area (Å²) in [6.45, 7) is 4.25. The first-order valence-corrected chi connectivity index (χ1v) is 4.04. The fraction of sp³-hybridized carbons (Fsp3) is 0.750. The van der Waals surface area contributed by atoms with Gasteiger partial charge in [-0.2, -0.15) is 0 Å². The Kier molecular flexibility index (Phi) is 2.19. The largest absolute Gasteiger partial charge is 0.329 e. The quantitative estimate of drug-likeness (QED) is 0.580. The molecule has 1 aliphatic rings. The summed E-state index contributed by atoms with van der Waals surface area (Å²) in [6.07, 6.45) is 0.311. The molecule has 68 valence electrons. The van der Waals surface area contributed by atoms with Crippen LogP contribution in [0.5, 0.6) is 0 Å². The fourth-order valence-electron chi connectivity index (χ4n) is 1.38. The van der Waals surface area contributed by atoms with Gasteiger partial charge in [0, 0.05) is 19.5 Å². The topological polar surface area (TPSA) is 63.4 Å². The van der Waals surface area contributed by atoms with Gasteiger partial charge in [0.1, 0.15) is 0 Å². The zero-order valence-electron chi connectivity index (χ0n) is 7.46. The number of hydrogen-bond donors (Lipinski definition) is 1. The molecule has 1 aliphatic heterocycles. The van der Waals surface area contributed by atoms with Crippen LogP contribution in [0.25, 0.3) is 0 Å². The predicted octanol–water partition coefficient (Wildman–Crippen LogP) is -0.270. The summed E-state index contributed by atoms with van der Waals surface area (Å²) in [7, 11) is 0. The van der Waals surface area contributed by atoms with Crippen molar-refractivity contribution in [3.05, 3.63) is 0 Å². The lowest BCUT2D eigenvalue weighted by atomic mass is 9.92. The molecule has 4 nitrogen and oxygen atoms in total. The lowest BCUT2D eigenvalue weighted by molar-refractivity contribution is -0.140. The third-order valence-corrected chi connectivity index (χ3v) is 2.07. The fourth-order valence-corrected chi connectivity index (χ4v) is 1.38. The number of amides is 2. The molecule has 2 N–H and O–H groups in total. The van der Waals surface area contributed by atoms with E-state index in [0.29, 0.717) is 19.5 Å². The molecule has 0 radical (unpaired) electrons. The second kappa shape index (κ2) is 2.86. The van der Waals surface area contributed by atoms with Gasteiger partial charge < -0.3 is 5.73 Å². The van der Waals surface area contributed by atoms with Crippen molar-refractivity contribution in [2.24, 2.45) is 11.1 Å². The molecular formula is C8H14N2O2. The van der Waals surface area contributed by atoms with Crippen molar-refractivity contribution in [2.75, 3.05) is 13.1 Å². The number of carbonyl (C=O) groups excluding carboxylic acids is 2. The third-order valence-electron chi connectivity index (χ3n) is 2.07. The predicted molar refractivity (Wildman–Crippen MR) is 44.2 cm³/mol. The first kappa shape index (κ1) is 9.19. The Morgan fingerprint density at radius 1 is 1.50 bits per heavy atom. The first-order valence-electron chi connectivity index (χ1n) is 4.04. The molecule has 0 saturated carbocycles. The van der Waals surface area contributed by atoms with Gasteiger partial charge in [0.15, 0.2) is 0 Å². The van der Waals surface area contributed by atoms with E-state index in [9.17, 15) is 9.59 Å². The van der Waals surface area contributed by atoms with Crippen molar-refractivity contribution in [3.63, 3.8) is 0 Å². The third kappa shape index (κ3) is 1.34. The summed E-state index contributed by atoms with van der Waals surface area (Å²) in [6, 6.07) is 0. The average molecular weight is 170 g/mol. The van der Waals surface area contributed by atoms with Gasteiger partial charge in [0.2, 0.25) is 11.8 Å². The molecule has 12 heavy (non-hydrogen) atoms. The van der Waals surface area contributed by atoms with Crippen molar-refractivity contribution in [1.29, 1.82) is 0 Å². The van der Waals surface area contributed by atoms with E-state index < -0.39 is 5.41 Å². The Labute approximate surface area is 71.7 Å². The number of rotatable bonds is 2. The average Bonchev–Trinajstić information content (AvgIpc) is 2.13. The summed E-state index contributed by atoms with van der Waals surface area (Å²) < 4.78 is 0. The minimum atomic E-state index is -0.522. The van der Waals surface area contributed by atoms with Crippen LogP contribution in [0.1, 0.15) is 20.3 Å². The Hall–Kier alpha value is -0.900. The number of nitrogens with two attached hydrogens (primary N) is 1. The van der Waals surface area contributed by atoms with E-state index in [1.807, 2.05) is 0 Å². The molecular weight excluding hydrogens is 156 g/mol. The zero-order chi connectivity index (χ0) is 9.35. The smallest absolute Gasteiger partial charge is 0.235 e. The second-order valence-electron chi connectivity index (χ2n) is 3.70. The van der Waals surface area contributed by atoms with E-state index in [4.69, 9.17) is 5.73 Å². The normalized spacial score (nSPS) is 22.1. The van der Waals surface area contributed by atoms with Gasteiger partial charge in [-0.25, -0.2) is 0 Å². The second-order valence-corrected chi connectivity index (χ2v) is 3.70. The molecule has 1 fully saturated rings. The van der Waals surface area contributed by atoms with Crippen LogP contribution in [0.4, 0.5) is 0 Å². The van der Waals surface area contributed by atoms with Crippen LogP contribution in [0.15, 0.2) is 0 Å². The number of imide groups is 1. The van der Waals surface area contributed by atoms with Crippen molar-refractivity contribution in [1.82, 2.24) is 4.90 Å². The van der Waals surface area contributed by atoms with E-state index in [1.165, 1.54) is 4.90 Å². The SMILES string of the molecule is CC1(C)CC(=O)N(CCN)C1=O. The van der Waals surface area contributed by atoms with Crippen LogP contribution in [0.3, 0.4) is 0 Å². The molecule has 0 atom stereocenters. The summed E-state index contributed by atoms with van der Waals surface area (Å²) in [4.78, 5) is 24.0. The minimum Gasteiger partial charge on any atom is -0.329 e. The molecule has 1 rings (SSSR count). The molecule has 2 amide bonds. The van der Waals surface area contributed by atoms with Crippen molar-refractivity contribution in [2.45, 2.75) is 20.3 Å². The molecule has 0 spiro atoms. The standard InChI is InChI=1S/C8H14N2O2/c1-8(2)5-6(11)10(4-3-9)7(8)12/h3-5,9H2,1-2H3. The maximum atomic E-state index is 11.5. The van der Waals surface area contributed by atoms with E-state index in [-0.39, 0.29) is 11.8 Å². The summed E-state index contributed by atoms with van der Waals surface area (Å²) >= 11 is 0. The molecule has 0 aromatic carbocycles. The molecule has 1 heterocycles. The number of carbonyl (C=O) groups is 2.